The molecule has 230 valence electrons. The van der Waals surface area contributed by atoms with Gasteiger partial charge in [0.2, 0.25) is 0 Å². The van der Waals surface area contributed by atoms with Gasteiger partial charge in [-0.05, 0) is 90.7 Å². The molecular formula is C35H38N2O3S4. The fourth-order valence-corrected chi connectivity index (χ4v) is 9.68. The molecule has 0 atom stereocenters. The third-order valence-corrected chi connectivity index (χ3v) is 12.5. The SMILES string of the molecule is CCCCCCc1ccsc1-c1ccc(-c2ccc(-c3sc(C(=O)Nc4ccc([N+](=O)[O-])cc4)cc3CCCCCC)s2)s1. The zero-order valence-corrected chi connectivity index (χ0v) is 28.5. The van der Waals surface area contributed by atoms with Gasteiger partial charge in [0.1, 0.15) is 0 Å². The van der Waals surface area contributed by atoms with E-state index >= 15 is 0 Å². The van der Waals surface area contributed by atoms with Crippen molar-refractivity contribution in [2.75, 3.05) is 5.32 Å². The third-order valence-electron chi connectivity index (χ3n) is 7.62. The van der Waals surface area contributed by atoms with Crippen molar-refractivity contribution in [1.29, 1.82) is 0 Å². The number of aryl methyl sites for hydroxylation is 2. The van der Waals surface area contributed by atoms with Crippen molar-refractivity contribution in [2.45, 2.75) is 78.1 Å². The molecule has 5 aromatic rings. The summed E-state index contributed by atoms with van der Waals surface area (Å²) in [5, 5.41) is 16.1. The number of nitro groups is 1. The first kappa shape index (κ1) is 32.3. The van der Waals surface area contributed by atoms with E-state index in [0.29, 0.717) is 10.6 Å². The second-order valence-corrected chi connectivity index (χ2v) is 15.1. The predicted octanol–water partition coefficient (Wildman–Crippen LogP) is 12.3. The van der Waals surface area contributed by atoms with E-state index in [1.54, 1.807) is 23.5 Å². The first-order valence-electron chi connectivity index (χ1n) is 15.4. The van der Waals surface area contributed by atoms with Gasteiger partial charge in [0.15, 0.2) is 0 Å². The molecule has 0 spiro atoms. The van der Waals surface area contributed by atoms with Gasteiger partial charge < -0.3 is 5.32 Å². The summed E-state index contributed by atoms with van der Waals surface area (Å²) in [5.41, 5.74) is 3.23. The summed E-state index contributed by atoms with van der Waals surface area (Å²) >= 11 is 7.04. The van der Waals surface area contributed by atoms with Crippen LogP contribution in [0.4, 0.5) is 11.4 Å². The Morgan fingerprint density at radius 3 is 1.91 bits per heavy atom. The molecule has 0 fully saturated rings. The van der Waals surface area contributed by atoms with Crippen molar-refractivity contribution in [2.24, 2.45) is 0 Å². The van der Waals surface area contributed by atoms with Gasteiger partial charge in [0.05, 0.1) is 9.80 Å². The minimum Gasteiger partial charge on any atom is -0.321 e. The van der Waals surface area contributed by atoms with E-state index in [1.807, 2.05) is 28.7 Å². The van der Waals surface area contributed by atoms with Crippen LogP contribution in [-0.2, 0) is 12.8 Å². The average Bonchev–Trinajstić information content (AvgIpc) is 3.84. The normalized spacial score (nSPS) is 11.2. The number of non-ortho nitro benzene ring substituents is 1. The second-order valence-electron chi connectivity index (χ2n) is 10.9. The van der Waals surface area contributed by atoms with E-state index in [9.17, 15) is 14.9 Å². The second kappa shape index (κ2) is 15.8. The fraction of sp³-hybridized carbons (Fsp3) is 0.343. The largest absolute Gasteiger partial charge is 0.321 e. The van der Waals surface area contributed by atoms with Gasteiger partial charge >= 0.3 is 0 Å². The highest BCUT2D eigenvalue weighted by Gasteiger charge is 2.19. The van der Waals surface area contributed by atoms with Crippen LogP contribution >= 0.6 is 45.3 Å². The van der Waals surface area contributed by atoms with Gasteiger partial charge in [-0.3, -0.25) is 14.9 Å². The van der Waals surface area contributed by atoms with E-state index in [1.165, 1.54) is 104 Å². The first-order chi connectivity index (χ1) is 21.5. The molecule has 1 amide bonds. The summed E-state index contributed by atoms with van der Waals surface area (Å²) < 4.78 is 0. The smallest absolute Gasteiger partial charge is 0.269 e. The first-order valence-corrected chi connectivity index (χ1v) is 18.8. The molecule has 0 aliphatic heterocycles. The van der Waals surface area contributed by atoms with Gasteiger partial charge in [0.25, 0.3) is 11.6 Å². The molecule has 0 bridgehead atoms. The summed E-state index contributed by atoms with van der Waals surface area (Å²) in [6.07, 6.45) is 11.9. The number of amides is 1. The predicted molar refractivity (Wildman–Crippen MR) is 191 cm³/mol. The maximum Gasteiger partial charge on any atom is 0.269 e. The highest BCUT2D eigenvalue weighted by molar-refractivity contribution is 7.28. The summed E-state index contributed by atoms with van der Waals surface area (Å²) in [4.78, 5) is 32.1. The van der Waals surface area contributed by atoms with Gasteiger partial charge in [0, 0.05) is 47.1 Å². The van der Waals surface area contributed by atoms with Gasteiger partial charge in [-0.15, -0.1) is 45.3 Å². The third kappa shape index (κ3) is 8.13. The molecule has 1 N–H and O–H groups in total. The monoisotopic (exact) mass is 662 g/mol. The molecule has 0 saturated carbocycles. The van der Waals surface area contributed by atoms with Crippen LogP contribution in [0.25, 0.3) is 29.3 Å². The lowest BCUT2D eigenvalue weighted by Gasteiger charge is -2.02. The van der Waals surface area contributed by atoms with Crippen LogP contribution in [0.3, 0.4) is 0 Å². The summed E-state index contributed by atoms with van der Waals surface area (Å²) in [5.74, 6) is -0.189. The lowest BCUT2D eigenvalue weighted by Crippen LogP contribution is -2.10. The van der Waals surface area contributed by atoms with E-state index in [4.69, 9.17) is 0 Å². The van der Waals surface area contributed by atoms with Crippen LogP contribution in [0.15, 0.2) is 66.0 Å². The molecule has 0 saturated heterocycles. The van der Waals surface area contributed by atoms with Crippen molar-refractivity contribution in [3.63, 3.8) is 0 Å². The lowest BCUT2D eigenvalue weighted by atomic mass is 10.1. The van der Waals surface area contributed by atoms with E-state index < -0.39 is 4.92 Å². The Balaban J connectivity index is 1.34. The number of hydrogen-bond donors (Lipinski definition) is 1. The number of unbranched alkanes of at least 4 members (excludes halogenated alkanes) is 6. The summed E-state index contributed by atoms with van der Waals surface area (Å²) in [6.45, 7) is 4.47. The van der Waals surface area contributed by atoms with Gasteiger partial charge in [-0.2, -0.15) is 0 Å². The van der Waals surface area contributed by atoms with E-state index in [0.717, 1.165) is 24.1 Å². The average molecular weight is 663 g/mol. The van der Waals surface area contributed by atoms with Crippen LogP contribution in [0.2, 0.25) is 0 Å². The number of nitrogens with one attached hydrogen (secondary N) is 1. The van der Waals surface area contributed by atoms with Crippen LogP contribution in [0.1, 0.15) is 86.0 Å². The van der Waals surface area contributed by atoms with E-state index in [-0.39, 0.29) is 11.6 Å². The number of thiophene rings is 4. The number of hydrogen-bond acceptors (Lipinski definition) is 7. The van der Waals surface area contributed by atoms with Crippen molar-refractivity contribution in [3.8, 4) is 29.3 Å². The minimum absolute atomic E-state index is 0.000346. The molecule has 4 aromatic heterocycles. The Morgan fingerprint density at radius 1 is 0.705 bits per heavy atom. The molecule has 5 nitrogen and oxygen atoms in total. The fourth-order valence-electron chi connectivity index (χ4n) is 5.21. The Labute approximate surface area is 275 Å². The topological polar surface area (TPSA) is 72.2 Å². The van der Waals surface area contributed by atoms with Crippen molar-refractivity contribution >= 4 is 62.6 Å². The van der Waals surface area contributed by atoms with Crippen molar-refractivity contribution in [1.82, 2.24) is 0 Å². The highest BCUT2D eigenvalue weighted by atomic mass is 32.1. The van der Waals surface area contributed by atoms with Crippen LogP contribution < -0.4 is 5.32 Å². The van der Waals surface area contributed by atoms with Crippen molar-refractivity contribution in [3.05, 3.63) is 92.2 Å². The zero-order chi connectivity index (χ0) is 30.9. The van der Waals surface area contributed by atoms with Crippen molar-refractivity contribution < 1.29 is 9.72 Å². The maximum atomic E-state index is 13.2. The molecule has 0 radical (unpaired) electrons. The van der Waals surface area contributed by atoms with Gasteiger partial charge in [-0.1, -0.05) is 52.4 Å². The molecule has 9 heteroatoms. The number of carbonyl (C=O) groups is 1. The molecule has 0 aliphatic carbocycles. The Hall–Kier alpha value is -3.11. The summed E-state index contributed by atoms with van der Waals surface area (Å²) in [6, 6.07) is 19.2. The number of nitro benzene ring substituents is 1. The summed E-state index contributed by atoms with van der Waals surface area (Å²) in [7, 11) is 0. The molecule has 4 heterocycles. The minimum atomic E-state index is -0.441. The zero-order valence-electron chi connectivity index (χ0n) is 25.2. The standard InChI is InChI=1S/C35H38N2O3S4/c1-3-5-7-9-11-24-21-22-41-33(24)30-19-17-28(42-30)29-18-20-31(43-29)34-25(12-10-8-6-4-2)23-32(44-34)35(38)36-26-13-15-27(16-14-26)37(39)40/h13-23H,3-12H2,1-2H3,(H,36,38). The number of carbonyl (C=O) groups excluding carboxylic acids is 1. The Kier molecular flexibility index (Phi) is 11.6. The molecule has 5 rings (SSSR count). The highest BCUT2D eigenvalue weighted by Crippen LogP contribution is 2.45. The number of benzene rings is 1. The van der Waals surface area contributed by atoms with Gasteiger partial charge in [-0.25, -0.2) is 0 Å². The Morgan fingerprint density at radius 2 is 1.30 bits per heavy atom. The van der Waals surface area contributed by atoms with E-state index in [2.05, 4.69) is 54.9 Å². The molecule has 1 aromatic carbocycles. The molecule has 0 unspecified atom stereocenters. The maximum absolute atomic E-state index is 13.2. The molecular weight excluding hydrogens is 625 g/mol. The number of nitrogens with zero attached hydrogens (tertiary/aromatic N) is 1. The Bertz CT molecular complexity index is 1680. The van der Waals surface area contributed by atoms with Crippen LogP contribution in [-0.4, -0.2) is 10.8 Å². The van der Waals surface area contributed by atoms with Crippen LogP contribution in [0, 0.1) is 10.1 Å². The number of rotatable bonds is 16. The molecule has 44 heavy (non-hydrogen) atoms. The lowest BCUT2D eigenvalue weighted by molar-refractivity contribution is -0.384. The molecule has 0 aliphatic rings. The number of anilines is 1. The quantitative estimate of drug-likeness (QED) is 0.0649. The van der Waals surface area contributed by atoms with Crippen LogP contribution in [0.5, 0.6) is 0 Å².